The van der Waals surface area contributed by atoms with Crippen molar-refractivity contribution < 1.29 is 53.9 Å². The molecular weight excluding hydrogens is 442 g/mol. The summed E-state index contributed by atoms with van der Waals surface area (Å²) in [5.41, 5.74) is -2.47. The van der Waals surface area contributed by atoms with Gasteiger partial charge in [-0.25, -0.2) is 9.59 Å². The number of carboxylic acid groups (broad SMARTS) is 3. The molecule has 0 heterocycles. The van der Waals surface area contributed by atoms with Crippen molar-refractivity contribution in [3.8, 4) is 5.75 Å². The second-order valence-electron chi connectivity index (χ2n) is 6.73. The second kappa shape index (κ2) is 14.5. The van der Waals surface area contributed by atoms with Crippen LogP contribution in [0.25, 0.3) is 0 Å². The molecule has 0 spiro atoms. The number of carbonyl (C=O) groups excluding carboxylic acids is 2. The van der Waals surface area contributed by atoms with E-state index < -0.39 is 48.3 Å². The van der Waals surface area contributed by atoms with Gasteiger partial charge < -0.3 is 34.8 Å². The lowest BCUT2D eigenvalue weighted by Gasteiger charge is -2.18. The van der Waals surface area contributed by atoms with E-state index >= 15 is 0 Å². The zero-order chi connectivity index (χ0) is 25.6. The average molecular weight is 471 g/mol. The number of carboxylic acids is 3. The minimum Gasteiger partial charge on any atom is -0.491 e. The lowest BCUT2D eigenvalue weighted by atomic mass is 9.96. The zero-order valence-electron chi connectivity index (χ0n) is 18.6. The molecule has 12 heteroatoms. The molecule has 1 aromatic carbocycles. The van der Waals surface area contributed by atoms with Crippen molar-refractivity contribution in [3.05, 3.63) is 29.8 Å². The fraction of sp³-hybridized carbons (Fsp3) is 0.476. The van der Waals surface area contributed by atoms with Gasteiger partial charge in [0.05, 0.1) is 12.8 Å². The number of rotatable bonds is 12. The largest absolute Gasteiger partial charge is 0.491 e. The lowest BCUT2D eigenvalue weighted by Crippen LogP contribution is -2.42. The Morgan fingerprint density at radius 2 is 1.45 bits per heavy atom. The van der Waals surface area contributed by atoms with E-state index in [0.29, 0.717) is 12.4 Å². The van der Waals surface area contributed by atoms with Gasteiger partial charge in [-0.1, -0.05) is 26.0 Å². The number of hydrogen-bond donors (Lipinski definition) is 4. The number of aliphatic carboxylic acids is 3. The maximum atomic E-state index is 11.8. The fourth-order valence-corrected chi connectivity index (χ4v) is 2.49. The molecule has 0 aliphatic heterocycles. The van der Waals surface area contributed by atoms with E-state index in [4.69, 9.17) is 25.2 Å². The highest BCUT2D eigenvalue weighted by atomic mass is 16.6. The number of esters is 2. The molecule has 4 N–H and O–H groups in total. The maximum absolute atomic E-state index is 11.8. The zero-order valence-corrected chi connectivity index (χ0v) is 18.6. The monoisotopic (exact) mass is 471 g/mol. The molecule has 33 heavy (non-hydrogen) atoms. The van der Waals surface area contributed by atoms with Crippen molar-refractivity contribution in [2.24, 2.45) is 0 Å². The van der Waals surface area contributed by atoms with Crippen LogP contribution >= 0.6 is 0 Å². The first-order chi connectivity index (χ1) is 15.4. The van der Waals surface area contributed by atoms with Gasteiger partial charge in [-0.2, -0.15) is 0 Å². The predicted octanol–water partition coefficient (Wildman–Crippen LogP) is 0.862. The third-order valence-electron chi connectivity index (χ3n) is 4.19. The Balaban J connectivity index is 0.000000684. The summed E-state index contributed by atoms with van der Waals surface area (Å²) in [7, 11) is 0. The SMILES string of the molecule is CCN(CC)CCOc1ccccc1C(=O)OC(C)=O.O=C(O)CC(O)(CC(=O)O)C(=O)O. The Morgan fingerprint density at radius 3 is 1.88 bits per heavy atom. The average Bonchev–Trinajstić information content (AvgIpc) is 2.70. The minimum absolute atomic E-state index is 0.266. The Hall–Kier alpha value is -3.51. The Morgan fingerprint density at radius 1 is 0.939 bits per heavy atom. The number of carbonyl (C=O) groups is 5. The number of benzene rings is 1. The van der Waals surface area contributed by atoms with Gasteiger partial charge in [0.1, 0.15) is 17.9 Å². The van der Waals surface area contributed by atoms with Crippen molar-refractivity contribution in [3.63, 3.8) is 0 Å². The standard InChI is InChI=1S/C15H21NO4.C6H8O7/c1-4-16(5-2)10-11-19-14-9-7-6-8-13(14)15(18)20-12(3)17;7-3(8)1-6(13,5(11)12)2-4(9)10/h6-9H,4-5,10-11H2,1-3H3;13H,1-2H2,(H,7,8)(H,9,10)(H,11,12). The third kappa shape index (κ3) is 11.6. The number of ether oxygens (including phenoxy) is 2. The molecule has 0 bridgehead atoms. The van der Waals surface area contributed by atoms with Crippen molar-refractivity contribution in [2.45, 2.75) is 39.2 Å². The van der Waals surface area contributed by atoms with Crippen LogP contribution < -0.4 is 4.74 Å². The first-order valence-corrected chi connectivity index (χ1v) is 9.92. The number of aliphatic hydroxyl groups is 1. The summed E-state index contributed by atoms with van der Waals surface area (Å²) >= 11 is 0. The van der Waals surface area contributed by atoms with Gasteiger partial charge in [0.15, 0.2) is 5.60 Å². The molecule has 1 aromatic rings. The molecule has 184 valence electrons. The summed E-state index contributed by atoms with van der Waals surface area (Å²) in [6.07, 6.45) is -2.29. The fourth-order valence-electron chi connectivity index (χ4n) is 2.49. The second-order valence-corrected chi connectivity index (χ2v) is 6.73. The number of nitrogens with zero attached hydrogens (tertiary/aromatic N) is 1. The molecular formula is C21H29NO11. The molecule has 0 atom stereocenters. The van der Waals surface area contributed by atoms with Crippen LogP contribution in [-0.2, 0) is 23.9 Å². The predicted molar refractivity (Wildman–Crippen MR) is 113 cm³/mol. The molecule has 0 fully saturated rings. The number of para-hydroxylation sites is 1. The van der Waals surface area contributed by atoms with Gasteiger partial charge in [-0.3, -0.25) is 14.4 Å². The van der Waals surface area contributed by atoms with Crippen molar-refractivity contribution in [1.29, 1.82) is 0 Å². The molecule has 0 aliphatic carbocycles. The van der Waals surface area contributed by atoms with E-state index in [1.54, 1.807) is 24.3 Å². The van der Waals surface area contributed by atoms with Crippen LogP contribution in [-0.4, -0.2) is 87.0 Å². The lowest BCUT2D eigenvalue weighted by molar-refractivity contribution is -0.170. The quantitative estimate of drug-likeness (QED) is 0.249. The highest BCUT2D eigenvalue weighted by molar-refractivity contribution is 5.98. The van der Waals surface area contributed by atoms with Crippen molar-refractivity contribution in [1.82, 2.24) is 4.90 Å². The van der Waals surface area contributed by atoms with Gasteiger partial charge >= 0.3 is 29.8 Å². The van der Waals surface area contributed by atoms with E-state index in [-0.39, 0.29) is 5.56 Å². The van der Waals surface area contributed by atoms with Gasteiger partial charge in [0, 0.05) is 13.5 Å². The van der Waals surface area contributed by atoms with Gasteiger partial charge in [0.2, 0.25) is 0 Å². The minimum atomic E-state index is -2.74. The molecule has 0 aliphatic rings. The first-order valence-electron chi connectivity index (χ1n) is 9.92. The van der Waals surface area contributed by atoms with Crippen molar-refractivity contribution >= 4 is 29.8 Å². The number of hydrogen-bond acceptors (Lipinski definition) is 9. The molecule has 12 nitrogen and oxygen atoms in total. The smallest absolute Gasteiger partial charge is 0.349 e. The van der Waals surface area contributed by atoms with E-state index in [2.05, 4.69) is 23.5 Å². The molecule has 0 aromatic heterocycles. The van der Waals surface area contributed by atoms with Crippen LogP contribution in [0, 0.1) is 0 Å². The van der Waals surface area contributed by atoms with Crippen LogP contribution in [0.3, 0.4) is 0 Å². The topological polar surface area (TPSA) is 188 Å². The molecule has 1 rings (SSSR count). The van der Waals surface area contributed by atoms with Crippen LogP contribution in [0.15, 0.2) is 24.3 Å². The third-order valence-corrected chi connectivity index (χ3v) is 4.19. The van der Waals surface area contributed by atoms with E-state index in [9.17, 15) is 24.0 Å². The van der Waals surface area contributed by atoms with Gasteiger partial charge in [-0.05, 0) is 25.2 Å². The molecule has 0 saturated heterocycles. The molecule has 0 unspecified atom stereocenters. The van der Waals surface area contributed by atoms with Crippen LogP contribution in [0.4, 0.5) is 0 Å². The van der Waals surface area contributed by atoms with Crippen LogP contribution in [0.5, 0.6) is 5.75 Å². The van der Waals surface area contributed by atoms with E-state index in [1.165, 1.54) is 6.92 Å². The van der Waals surface area contributed by atoms with Crippen molar-refractivity contribution in [2.75, 3.05) is 26.2 Å². The van der Waals surface area contributed by atoms with E-state index in [1.807, 2.05) is 0 Å². The highest BCUT2D eigenvalue weighted by Crippen LogP contribution is 2.19. The molecule has 0 radical (unpaired) electrons. The summed E-state index contributed by atoms with van der Waals surface area (Å²) in [4.78, 5) is 55.3. The van der Waals surface area contributed by atoms with Crippen LogP contribution in [0.2, 0.25) is 0 Å². The van der Waals surface area contributed by atoms with E-state index in [0.717, 1.165) is 19.6 Å². The van der Waals surface area contributed by atoms with Gasteiger partial charge in [-0.15, -0.1) is 0 Å². The maximum Gasteiger partial charge on any atom is 0.349 e. The summed E-state index contributed by atoms with van der Waals surface area (Å²) in [6, 6.07) is 6.75. The summed E-state index contributed by atoms with van der Waals surface area (Å²) in [6.45, 7) is 8.53. The Labute approximate surface area is 190 Å². The Bertz CT molecular complexity index is 817. The number of likely N-dealkylation sites (N-methyl/N-ethyl adjacent to an activating group) is 1. The summed E-state index contributed by atoms with van der Waals surface area (Å²) in [5, 5.41) is 33.8. The normalized spacial score (nSPS) is 10.6. The molecule has 0 saturated carbocycles. The van der Waals surface area contributed by atoms with Crippen LogP contribution in [0.1, 0.15) is 44.0 Å². The van der Waals surface area contributed by atoms with Gasteiger partial charge in [0.25, 0.3) is 0 Å². The highest BCUT2D eigenvalue weighted by Gasteiger charge is 2.40. The molecule has 0 amide bonds. The Kier molecular flexibility index (Phi) is 13.0. The first kappa shape index (κ1) is 29.5. The summed E-state index contributed by atoms with van der Waals surface area (Å²) in [5.74, 6) is -5.90. The summed E-state index contributed by atoms with van der Waals surface area (Å²) < 4.78 is 10.2.